The summed E-state index contributed by atoms with van der Waals surface area (Å²) in [6.45, 7) is 4.06. The Morgan fingerprint density at radius 3 is 2.68 bits per heavy atom. The van der Waals surface area contributed by atoms with Crippen LogP contribution in [0.3, 0.4) is 0 Å². The Hall–Kier alpha value is -1.18. The van der Waals surface area contributed by atoms with Gasteiger partial charge in [-0.2, -0.15) is 0 Å². The van der Waals surface area contributed by atoms with Gasteiger partial charge < -0.3 is 10.5 Å². The summed E-state index contributed by atoms with van der Waals surface area (Å²) in [5, 5.41) is 0. The lowest BCUT2D eigenvalue weighted by Crippen LogP contribution is -2.46. The molecule has 1 aromatic rings. The summed E-state index contributed by atoms with van der Waals surface area (Å²) in [5.74, 6) is -0.631. The maximum absolute atomic E-state index is 13.6. The van der Waals surface area contributed by atoms with Gasteiger partial charge in [0.25, 0.3) is 0 Å². The zero-order valence-corrected chi connectivity index (χ0v) is 11.7. The maximum Gasteiger partial charge on any atom is 0.241 e. The third kappa shape index (κ3) is 2.88. The maximum atomic E-state index is 13.6. The summed E-state index contributed by atoms with van der Waals surface area (Å²) in [5.41, 5.74) is 5.31. The molecule has 3 N–H and O–H groups in total. The first-order valence-corrected chi connectivity index (χ1v) is 7.39. The Balaban J connectivity index is 2.34. The molecule has 2 rings (SSSR count). The van der Waals surface area contributed by atoms with Crippen molar-refractivity contribution in [3.05, 3.63) is 23.5 Å². The van der Waals surface area contributed by atoms with Gasteiger partial charge in [0.2, 0.25) is 10.0 Å². The highest BCUT2D eigenvalue weighted by Gasteiger charge is 2.34. The van der Waals surface area contributed by atoms with Crippen LogP contribution in [0.5, 0.6) is 0 Å². The number of sulfonamides is 1. The van der Waals surface area contributed by atoms with Crippen molar-refractivity contribution in [3.63, 3.8) is 0 Å². The van der Waals surface area contributed by atoms with Crippen molar-refractivity contribution >= 4 is 15.7 Å². The van der Waals surface area contributed by atoms with Crippen LogP contribution in [0.25, 0.3) is 0 Å². The number of anilines is 1. The number of nitrogens with two attached hydrogens (primary N) is 1. The van der Waals surface area contributed by atoms with E-state index < -0.39 is 21.4 Å². The molecule has 1 unspecified atom stereocenters. The first-order chi connectivity index (χ1) is 8.73. The lowest BCUT2D eigenvalue weighted by Gasteiger charge is -2.23. The second-order valence-electron chi connectivity index (χ2n) is 5.09. The van der Waals surface area contributed by atoms with E-state index in [1.807, 2.05) is 0 Å². The number of nitrogens with one attached hydrogen (secondary N) is 1. The molecule has 1 heterocycles. The van der Waals surface area contributed by atoms with Gasteiger partial charge in [-0.3, -0.25) is 0 Å². The highest BCUT2D eigenvalue weighted by atomic mass is 32.2. The molecule has 1 aromatic carbocycles. The van der Waals surface area contributed by atoms with E-state index in [2.05, 4.69) is 4.72 Å². The molecule has 0 bridgehead atoms. The lowest BCUT2D eigenvalue weighted by molar-refractivity contribution is 0.178. The fraction of sp³-hybridized carbons (Fsp3) is 0.500. The third-order valence-corrected chi connectivity index (χ3v) is 4.89. The molecular weight excluding hydrogens is 271 g/mol. The topological polar surface area (TPSA) is 81.4 Å². The molecule has 19 heavy (non-hydrogen) atoms. The van der Waals surface area contributed by atoms with E-state index in [0.29, 0.717) is 19.6 Å². The summed E-state index contributed by atoms with van der Waals surface area (Å²) < 4.78 is 45.8. The summed E-state index contributed by atoms with van der Waals surface area (Å²) in [6.07, 6.45) is 0.579. The van der Waals surface area contributed by atoms with Crippen molar-refractivity contribution in [2.24, 2.45) is 0 Å². The zero-order valence-electron chi connectivity index (χ0n) is 10.9. The monoisotopic (exact) mass is 288 g/mol. The van der Waals surface area contributed by atoms with Crippen molar-refractivity contribution in [2.75, 3.05) is 18.9 Å². The Morgan fingerprint density at radius 2 is 2.16 bits per heavy atom. The normalized spacial score (nSPS) is 23.7. The van der Waals surface area contributed by atoms with Crippen molar-refractivity contribution in [1.82, 2.24) is 4.72 Å². The van der Waals surface area contributed by atoms with Gasteiger partial charge in [-0.15, -0.1) is 0 Å². The number of halogens is 1. The molecule has 5 nitrogen and oxygen atoms in total. The minimum absolute atomic E-state index is 0.119. The van der Waals surface area contributed by atoms with Crippen LogP contribution < -0.4 is 10.5 Å². The van der Waals surface area contributed by atoms with Crippen LogP contribution in [-0.4, -0.2) is 27.2 Å². The largest absolute Gasteiger partial charge is 0.398 e. The minimum Gasteiger partial charge on any atom is -0.398 e. The average molecular weight is 288 g/mol. The molecule has 0 aromatic heterocycles. The molecular formula is C12H17FN2O3S. The van der Waals surface area contributed by atoms with E-state index in [1.165, 1.54) is 13.0 Å². The molecule has 7 heteroatoms. The number of nitrogen functional groups attached to an aromatic ring is 1. The molecule has 1 aliphatic heterocycles. The lowest BCUT2D eigenvalue weighted by atomic mass is 10.0. The summed E-state index contributed by atoms with van der Waals surface area (Å²) in [4.78, 5) is -0.166. The molecule has 1 saturated heterocycles. The van der Waals surface area contributed by atoms with E-state index in [0.717, 1.165) is 6.07 Å². The number of benzene rings is 1. The van der Waals surface area contributed by atoms with Crippen molar-refractivity contribution < 1.29 is 17.5 Å². The van der Waals surface area contributed by atoms with Gasteiger partial charge >= 0.3 is 0 Å². The molecule has 106 valence electrons. The quantitative estimate of drug-likeness (QED) is 0.818. The smallest absolute Gasteiger partial charge is 0.241 e. The number of hydrogen-bond donors (Lipinski definition) is 2. The molecule has 1 fully saturated rings. The number of ether oxygens (including phenoxy) is 1. The minimum atomic E-state index is -3.81. The van der Waals surface area contributed by atoms with Gasteiger partial charge in [0.1, 0.15) is 5.82 Å². The van der Waals surface area contributed by atoms with Crippen molar-refractivity contribution in [2.45, 2.75) is 30.7 Å². The van der Waals surface area contributed by atoms with Crippen molar-refractivity contribution in [3.8, 4) is 0 Å². The van der Waals surface area contributed by atoms with E-state index in [9.17, 15) is 12.8 Å². The average Bonchev–Trinajstić information content (AvgIpc) is 2.70. The summed E-state index contributed by atoms with van der Waals surface area (Å²) in [7, 11) is -3.81. The predicted molar refractivity (Wildman–Crippen MR) is 69.7 cm³/mol. The Labute approximate surface area is 112 Å². The first kappa shape index (κ1) is 14.2. The fourth-order valence-corrected chi connectivity index (χ4v) is 3.43. The van der Waals surface area contributed by atoms with Gasteiger partial charge in [0.15, 0.2) is 0 Å². The van der Waals surface area contributed by atoms with Gasteiger partial charge in [-0.1, -0.05) is 0 Å². The van der Waals surface area contributed by atoms with Gasteiger partial charge in [0, 0.05) is 17.9 Å². The SMILES string of the molecule is Cc1c(N)cc(S(=O)(=O)NC2(C)CCOC2)cc1F. The molecule has 0 radical (unpaired) electrons. The van der Waals surface area contributed by atoms with Crippen LogP contribution in [0.4, 0.5) is 10.1 Å². The number of hydrogen-bond acceptors (Lipinski definition) is 4. The van der Waals surface area contributed by atoms with Gasteiger partial charge in [-0.05, 0) is 32.4 Å². The molecule has 1 atom stereocenters. The van der Waals surface area contributed by atoms with E-state index >= 15 is 0 Å². The zero-order chi connectivity index (χ0) is 14.3. The third-order valence-electron chi connectivity index (χ3n) is 3.27. The molecule has 0 amide bonds. The van der Waals surface area contributed by atoms with Crippen LogP contribution >= 0.6 is 0 Å². The van der Waals surface area contributed by atoms with Crippen LogP contribution in [0.1, 0.15) is 18.9 Å². The van der Waals surface area contributed by atoms with Crippen molar-refractivity contribution in [1.29, 1.82) is 0 Å². The van der Waals surface area contributed by atoms with E-state index in [-0.39, 0.29) is 16.1 Å². The van der Waals surface area contributed by atoms with Crippen LogP contribution in [0.15, 0.2) is 17.0 Å². The van der Waals surface area contributed by atoms with E-state index in [1.54, 1.807) is 6.92 Å². The van der Waals surface area contributed by atoms with Crippen LogP contribution in [0.2, 0.25) is 0 Å². The molecule has 0 aliphatic carbocycles. The Kier molecular flexibility index (Phi) is 3.55. The standard InChI is InChI=1S/C12H17FN2O3S/c1-8-10(13)5-9(6-11(8)14)19(16,17)15-12(2)3-4-18-7-12/h5-6,15H,3-4,7,14H2,1-2H3. The second-order valence-corrected chi connectivity index (χ2v) is 6.77. The molecule has 0 spiro atoms. The van der Waals surface area contributed by atoms with Gasteiger partial charge in [-0.25, -0.2) is 17.5 Å². The molecule has 0 saturated carbocycles. The first-order valence-electron chi connectivity index (χ1n) is 5.91. The predicted octanol–water partition coefficient (Wildman–Crippen LogP) is 1.17. The van der Waals surface area contributed by atoms with Crippen LogP contribution in [0, 0.1) is 12.7 Å². The highest BCUT2D eigenvalue weighted by molar-refractivity contribution is 7.89. The second kappa shape index (κ2) is 4.73. The fourth-order valence-electron chi connectivity index (χ4n) is 1.96. The number of rotatable bonds is 3. The summed E-state index contributed by atoms with van der Waals surface area (Å²) >= 11 is 0. The van der Waals surface area contributed by atoms with Crippen LogP contribution in [-0.2, 0) is 14.8 Å². The highest BCUT2D eigenvalue weighted by Crippen LogP contribution is 2.24. The Bertz CT molecular complexity index is 572. The Morgan fingerprint density at radius 1 is 1.47 bits per heavy atom. The summed E-state index contributed by atoms with van der Waals surface area (Å²) in [6, 6.07) is 2.24. The molecule has 1 aliphatic rings. The van der Waals surface area contributed by atoms with E-state index in [4.69, 9.17) is 10.5 Å². The van der Waals surface area contributed by atoms with Gasteiger partial charge in [0.05, 0.1) is 17.0 Å².